The lowest BCUT2D eigenvalue weighted by Gasteiger charge is -2.20. The van der Waals surface area contributed by atoms with E-state index in [-0.39, 0.29) is 12.3 Å². The standard InChI is InChI=1S/C18H17N3O2/c1-2-21(15-9-4-3-5-10-15)18(23)12-17(22)20-16-11-7-6-8-14(16)13-19/h3-11H,2,12H2,1H3,(H,20,22). The third-order valence-corrected chi connectivity index (χ3v) is 3.32. The second-order valence-corrected chi connectivity index (χ2v) is 4.86. The molecule has 0 aromatic heterocycles. The fourth-order valence-electron chi connectivity index (χ4n) is 2.23. The van der Waals surface area contributed by atoms with E-state index in [0.717, 1.165) is 5.69 Å². The van der Waals surface area contributed by atoms with E-state index in [1.54, 1.807) is 29.2 Å². The van der Waals surface area contributed by atoms with Gasteiger partial charge in [-0.05, 0) is 31.2 Å². The van der Waals surface area contributed by atoms with Crippen LogP contribution in [0.1, 0.15) is 18.9 Å². The number of para-hydroxylation sites is 2. The molecular weight excluding hydrogens is 290 g/mol. The number of nitriles is 1. The molecule has 116 valence electrons. The zero-order valence-corrected chi connectivity index (χ0v) is 12.8. The first-order valence-electron chi connectivity index (χ1n) is 7.30. The van der Waals surface area contributed by atoms with Crippen LogP contribution in [0, 0.1) is 11.3 Å². The summed E-state index contributed by atoms with van der Waals surface area (Å²) in [6.45, 7) is 2.33. The Morgan fingerprint density at radius 3 is 2.39 bits per heavy atom. The van der Waals surface area contributed by atoms with Crippen molar-refractivity contribution < 1.29 is 9.59 Å². The number of nitrogens with zero attached hydrogens (tertiary/aromatic N) is 2. The van der Waals surface area contributed by atoms with Crippen LogP contribution in [0.2, 0.25) is 0 Å². The highest BCUT2D eigenvalue weighted by Gasteiger charge is 2.18. The number of anilines is 2. The van der Waals surface area contributed by atoms with E-state index < -0.39 is 5.91 Å². The predicted molar refractivity (Wildman–Crippen MR) is 88.9 cm³/mol. The van der Waals surface area contributed by atoms with E-state index in [2.05, 4.69) is 5.32 Å². The van der Waals surface area contributed by atoms with Crippen molar-refractivity contribution in [1.29, 1.82) is 5.26 Å². The molecule has 0 heterocycles. The molecule has 0 aliphatic heterocycles. The molecule has 2 aromatic carbocycles. The van der Waals surface area contributed by atoms with E-state index in [0.29, 0.717) is 17.8 Å². The Bertz CT molecular complexity index is 735. The maximum Gasteiger partial charge on any atom is 0.236 e. The number of carbonyl (C=O) groups is 2. The topological polar surface area (TPSA) is 73.2 Å². The number of rotatable bonds is 5. The minimum absolute atomic E-state index is 0.275. The zero-order valence-electron chi connectivity index (χ0n) is 12.8. The summed E-state index contributed by atoms with van der Waals surface area (Å²) < 4.78 is 0. The molecule has 5 nitrogen and oxygen atoms in total. The fourth-order valence-corrected chi connectivity index (χ4v) is 2.23. The van der Waals surface area contributed by atoms with Gasteiger partial charge in [0.15, 0.2) is 0 Å². The molecule has 0 bridgehead atoms. The van der Waals surface area contributed by atoms with E-state index in [4.69, 9.17) is 5.26 Å². The van der Waals surface area contributed by atoms with Gasteiger partial charge < -0.3 is 10.2 Å². The van der Waals surface area contributed by atoms with Gasteiger partial charge in [-0.3, -0.25) is 9.59 Å². The van der Waals surface area contributed by atoms with Gasteiger partial charge in [0.05, 0.1) is 11.3 Å². The Kier molecular flexibility index (Phi) is 5.48. The second kappa shape index (κ2) is 7.76. The number of hydrogen-bond donors (Lipinski definition) is 1. The summed E-state index contributed by atoms with van der Waals surface area (Å²) >= 11 is 0. The molecule has 2 amide bonds. The van der Waals surface area contributed by atoms with Gasteiger partial charge in [-0.15, -0.1) is 0 Å². The summed E-state index contributed by atoms with van der Waals surface area (Å²) in [4.78, 5) is 26.0. The average Bonchev–Trinajstić information content (AvgIpc) is 2.57. The van der Waals surface area contributed by atoms with Crippen LogP contribution in [-0.2, 0) is 9.59 Å². The number of amides is 2. The van der Waals surface area contributed by atoms with Crippen LogP contribution in [0.15, 0.2) is 54.6 Å². The zero-order chi connectivity index (χ0) is 16.7. The second-order valence-electron chi connectivity index (χ2n) is 4.86. The average molecular weight is 307 g/mol. The molecule has 0 spiro atoms. The largest absolute Gasteiger partial charge is 0.324 e. The first-order valence-corrected chi connectivity index (χ1v) is 7.30. The molecule has 0 saturated carbocycles. The summed E-state index contributed by atoms with van der Waals surface area (Å²) in [7, 11) is 0. The van der Waals surface area contributed by atoms with E-state index in [1.165, 1.54) is 0 Å². The monoisotopic (exact) mass is 307 g/mol. The van der Waals surface area contributed by atoms with Crippen LogP contribution in [0.3, 0.4) is 0 Å². The van der Waals surface area contributed by atoms with Crippen molar-refractivity contribution >= 4 is 23.2 Å². The van der Waals surface area contributed by atoms with Gasteiger partial charge in [-0.25, -0.2) is 0 Å². The van der Waals surface area contributed by atoms with Crippen LogP contribution >= 0.6 is 0 Å². The molecule has 0 atom stereocenters. The van der Waals surface area contributed by atoms with E-state index in [1.807, 2.05) is 43.3 Å². The molecule has 1 N–H and O–H groups in total. The lowest BCUT2D eigenvalue weighted by atomic mass is 10.2. The van der Waals surface area contributed by atoms with E-state index >= 15 is 0 Å². The Hall–Kier alpha value is -3.13. The van der Waals surface area contributed by atoms with Crippen molar-refractivity contribution in [3.05, 3.63) is 60.2 Å². The van der Waals surface area contributed by atoms with Crippen LogP contribution in [-0.4, -0.2) is 18.4 Å². The predicted octanol–water partition coefficient (Wildman–Crippen LogP) is 2.94. The molecule has 23 heavy (non-hydrogen) atoms. The first-order chi connectivity index (χ1) is 11.2. The Morgan fingerprint density at radius 1 is 1.09 bits per heavy atom. The lowest BCUT2D eigenvalue weighted by Crippen LogP contribution is -2.33. The number of nitrogens with one attached hydrogen (secondary N) is 1. The molecule has 0 aliphatic rings. The maximum atomic E-state index is 12.3. The quantitative estimate of drug-likeness (QED) is 0.863. The molecule has 5 heteroatoms. The first kappa shape index (κ1) is 16.2. The molecular formula is C18H17N3O2. The Balaban J connectivity index is 2.05. The summed E-state index contributed by atoms with van der Waals surface area (Å²) in [5.74, 6) is -0.724. The molecule has 2 aromatic rings. The van der Waals surface area contributed by atoms with Gasteiger partial charge >= 0.3 is 0 Å². The van der Waals surface area contributed by atoms with Crippen molar-refractivity contribution in [1.82, 2.24) is 0 Å². The highest BCUT2D eigenvalue weighted by Crippen LogP contribution is 2.16. The van der Waals surface area contributed by atoms with Crippen molar-refractivity contribution in [3.8, 4) is 6.07 Å². The molecule has 0 saturated heterocycles. The van der Waals surface area contributed by atoms with Crippen LogP contribution in [0.5, 0.6) is 0 Å². The summed E-state index contributed by atoms with van der Waals surface area (Å²) in [5, 5.41) is 11.6. The maximum absolute atomic E-state index is 12.3. The normalized spacial score (nSPS) is 9.74. The van der Waals surface area contributed by atoms with Crippen molar-refractivity contribution in [2.75, 3.05) is 16.8 Å². The minimum Gasteiger partial charge on any atom is -0.324 e. The van der Waals surface area contributed by atoms with Gasteiger partial charge in [0.1, 0.15) is 12.5 Å². The van der Waals surface area contributed by atoms with Gasteiger partial charge in [0.2, 0.25) is 11.8 Å². The highest BCUT2D eigenvalue weighted by molar-refractivity contribution is 6.09. The Labute approximate surface area is 135 Å². The third-order valence-electron chi connectivity index (χ3n) is 3.32. The lowest BCUT2D eigenvalue weighted by molar-refractivity contribution is -0.125. The van der Waals surface area contributed by atoms with E-state index in [9.17, 15) is 9.59 Å². The SMILES string of the molecule is CCN(C(=O)CC(=O)Nc1ccccc1C#N)c1ccccc1. The number of benzene rings is 2. The third kappa shape index (κ3) is 4.17. The number of hydrogen-bond acceptors (Lipinski definition) is 3. The van der Waals surface area contributed by atoms with Gasteiger partial charge in [-0.1, -0.05) is 30.3 Å². The fraction of sp³-hybridized carbons (Fsp3) is 0.167. The Morgan fingerprint density at radius 2 is 1.74 bits per heavy atom. The molecule has 0 fully saturated rings. The molecule has 0 unspecified atom stereocenters. The molecule has 0 radical (unpaired) electrons. The number of carbonyl (C=O) groups excluding carboxylic acids is 2. The molecule has 2 rings (SSSR count). The van der Waals surface area contributed by atoms with Crippen molar-refractivity contribution in [2.45, 2.75) is 13.3 Å². The van der Waals surface area contributed by atoms with Gasteiger partial charge in [0.25, 0.3) is 0 Å². The van der Waals surface area contributed by atoms with Crippen LogP contribution < -0.4 is 10.2 Å². The van der Waals surface area contributed by atoms with Gasteiger partial charge in [-0.2, -0.15) is 5.26 Å². The summed E-state index contributed by atoms with van der Waals surface area (Å²) in [6.07, 6.45) is -0.275. The summed E-state index contributed by atoms with van der Waals surface area (Å²) in [6, 6.07) is 17.9. The van der Waals surface area contributed by atoms with Gasteiger partial charge in [0, 0.05) is 12.2 Å². The smallest absolute Gasteiger partial charge is 0.236 e. The molecule has 0 aliphatic carbocycles. The van der Waals surface area contributed by atoms with Crippen molar-refractivity contribution in [2.24, 2.45) is 0 Å². The van der Waals surface area contributed by atoms with Crippen molar-refractivity contribution in [3.63, 3.8) is 0 Å². The highest BCUT2D eigenvalue weighted by atomic mass is 16.2. The summed E-state index contributed by atoms with van der Waals surface area (Å²) in [5.41, 5.74) is 1.53. The van der Waals surface area contributed by atoms with Crippen LogP contribution in [0.25, 0.3) is 0 Å². The minimum atomic E-state index is -0.438. The van der Waals surface area contributed by atoms with Crippen LogP contribution in [0.4, 0.5) is 11.4 Å².